The molecule has 2 aromatic heterocycles. The van der Waals surface area contributed by atoms with Crippen molar-refractivity contribution >= 4 is 22.8 Å². The van der Waals surface area contributed by atoms with Gasteiger partial charge in [0.15, 0.2) is 11.2 Å². The lowest BCUT2D eigenvalue weighted by molar-refractivity contribution is -0.137. The summed E-state index contributed by atoms with van der Waals surface area (Å²) >= 11 is 5.88. The van der Waals surface area contributed by atoms with Gasteiger partial charge in [-0.05, 0) is 6.92 Å². The first-order valence-electron chi connectivity index (χ1n) is 5.83. The molecular weight excluding hydrogens is 316 g/mol. The van der Waals surface area contributed by atoms with Gasteiger partial charge in [-0.3, -0.25) is 0 Å². The summed E-state index contributed by atoms with van der Waals surface area (Å²) in [7, 11) is 1.32. The number of aromatic nitrogens is 4. The van der Waals surface area contributed by atoms with Gasteiger partial charge >= 0.3 is 12.3 Å². The van der Waals surface area contributed by atoms with Gasteiger partial charge in [-0.25, -0.2) is 18.7 Å². The Morgan fingerprint density at radius 1 is 1.38 bits per heavy atom. The highest BCUT2D eigenvalue weighted by atomic mass is 35.5. The zero-order valence-electron chi connectivity index (χ0n) is 11.0. The Kier molecular flexibility index (Phi) is 4.22. The van der Waals surface area contributed by atoms with Gasteiger partial charge in [0.1, 0.15) is 12.2 Å². The van der Waals surface area contributed by atoms with E-state index in [1.54, 1.807) is 0 Å². The van der Waals surface area contributed by atoms with Crippen LogP contribution in [0.1, 0.15) is 18.1 Å². The maximum absolute atomic E-state index is 13.3. The average Bonchev–Trinajstić information content (AvgIpc) is 2.77. The molecule has 0 spiro atoms. The monoisotopic (exact) mass is 326 g/mol. The third kappa shape index (κ3) is 2.87. The Morgan fingerprint density at radius 2 is 2.05 bits per heavy atom. The number of methoxy groups -OCH3 is 1. The fraction of sp³-hybridized carbons (Fsp3) is 0.545. The lowest BCUT2D eigenvalue weighted by atomic mass is 10.3. The molecule has 10 heteroatoms. The summed E-state index contributed by atoms with van der Waals surface area (Å²) in [6, 6.07) is 0. The number of hydrogen-bond donors (Lipinski definition) is 0. The van der Waals surface area contributed by atoms with Crippen LogP contribution in [0.2, 0.25) is 0 Å². The van der Waals surface area contributed by atoms with E-state index in [-0.39, 0.29) is 22.9 Å². The summed E-state index contributed by atoms with van der Waals surface area (Å²) in [6.45, 7) is 0.202. The molecule has 0 radical (unpaired) electrons. The summed E-state index contributed by atoms with van der Waals surface area (Å²) in [5.74, 6) is -4.18. The van der Waals surface area contributed by atoms with Crippen molar-refractivity contribution in [2.45, 2.75) is 31.2 Å². The maximum atomic E-state index is 13.3. The van der Waals surface area contributed by atoms with E-state index in [4.69, 9.17) is 16.3 Å². The summed E-state index contributed by atoms with van der Waals surface area (Å²) in [5, 5.41) is -0.780. The van der Waals surface area contributed by atoms with Crippen LogP contribution in [0.5, 0.6) is 5.88 Å². The molecule has 0 saturated heterocycles. The van der Waals surface area contributed by atoms with Crippen LogP contribution in [0.3, 0.4) is 0 Å². The van der Waals surface area contributed by atoms with Crippen LogP contribution in [0.15, 0.2) is 6.33 Å². The highest BCUT2D eigenvalue weighted by Gasteiger charge is 2.42. The predicted molar refractivity (Wildman–Crippen MR) is 67.1 cm³/mol. The minimum Gasteiger partial charge on any atom is -0.479 e. The average molecular weight is 327 g/mol. The third-order valence-electron chi connectivity index (χ3n) is 2.77. The molecule has 0 aliphatic heterocycles. The van der Waals surface area contributed by atoms with Crippen molar-refractivity contribution in [3.05, 3.63) is 12.2 Å². The number of imidazole rings is 1. The quantitative estimate of drug-likeness (QED) is 0.626. The summed E-state index contributed by atoms with van der Waals surface area (Å²) in [4.78, 5) is 11.6. The molecular formula is C11H11ClF4N4O. The van der Waals surface area contributed by atoms with Crippen molar-refractivity contribution in [3.8, 4) is 5.88 Å². The molecule has 0 fully saturated rings. The van der Waals surface area contributed by atoms with Crippen molar-refractivity contribution in [2.75, 3.05) is 7.11 Å². The van der Waals surface area contributed by atoms with Crippen molar-refractivity contribution in [3.63, 3.8) is 0 Å². The first-order valence-corrected chi connectivity index (χ1v) is 6.26. The third-order valence-corrected chi connectivity index (χ3v) is 2.96. The van der Waals surface area contributed by atoms with E-state index in [9.17, 15) is 17.6 Å². The standard InChI is InChI=1S/C11H11ClF4N4O/c1-5(12)7-19-6-8(17-4-18-9(6)21-2)20(7)3-11(15,16)10(13)14/h4-5,10H,3H2,1-2H3. The first kappa shape index (κ1) is 15.7. The Hall–Kier alpha value is -1.64. The zero-order valence-corrected chi connectivity index (χ0v) is 11.8. The molecule has 0 aliphatic carbocycles. The van der Waals surface area contributed by atoms with Gasteiger partial charge in [0, 0.05) is 0 Å². The van der Waals surface area contributed by atoms with Crippen LogP contribution in [0.4, 0.5) is 17.6 Å². The molecule has 0 aliphatic rings. The van der Waals surface area contributed by atoms with Crippen molar-refractivity contribution < 1.29 is 22.3 Å². The highest BCUT2D eigenvalue weighted by molar-refractivity contribution is 6.20. The smallest absolute Gasteiger partial charge is 0.324 e. The molecule has 2 rings (SSSR count). The number of alkyl halides is 5. The highest BCUT2D eigenvalue weighted by Crippen LogP contribution is 2.32. The number of hydrogen-bond acceptors (Lipinski definition) is 4. The number of ether oxygens (including phenoxy) is 1. The van der Waals surface area contributed by atoms with Crippen LogP contribution in [0, 0.1) is 0 Å². The van der Waals surface area contributed by atoms with E-state index in [0.29, 0.717) is 0 Å². The maximum Gasteiger partial charge on any atom is 0.324 e. The number of nitrogens with zero attached hydrogens (tertiary/aromatic N) is 4. The molecule has 0 amide bonds. The van der Waals surface area contributed by atoms with Gasteiger partial charge < -0.3 is 9.30 Å². The van der Waals surface area contributed by atoms with Crippen LogP contribution in [-0.4, -0.2) is 39.0 Å². The molecule has 0 N–H and O–H groups in total. The van der Waals surface area contributed by atoms with E-state index in [2.05, 4.69) is 15.0 Å². The van der Waals surface area contributed by atoms with E-state index < -0.39 is 24.3 Å². The minimum atomic E-state index is -4.23. The van der Waals surface area contributed by atoms with Crippen molar-refractivity contribution in [2.24, 2.45) is 0 Å². The first-order chi connectivity index (χ1) is 9.77. The molecule has 0 saturated carbocycles. The van der Waals surface area contributed by atoms with E-state index in [0.717, 1.165) is 10.9 Å². The van der Waals surface area contributed by atoms with Crippen LogP contribution < -0.4 is 4.74 Å². The molecule has 1 atom stereocenters. The number of rotatable bonds is 5. The Morgan fingerprint density at radius 3 is 2.57 bits per heavy atom. The second kappa shape index (κ2) is 5.63. The molecule has 5 nitrogen and oxygen atoms in total. The van der Waals surface area contributed by atoms with Crippen LogP contribution >= 0.6 is 11.6 Å². The van der Waals surface area contributed by atoms with Gasteiger partial charge in [-0.15, -0.1) is 11.6 Å². The van der Waals surface area contributed by atoms with Crippen molar-refractivity contribution in [1.82, 2.24) is 19.5 Å². The fourth-order valence-corrected chi connectivity index (χ4v) is 1.99. The van der Waals surface area contributed by atoms with E-state index >= 15 is 0 Å². The van der Waals surface area contributed by atoms with Crippen molar-refractivity contribution in [1.29, 1.82) is 0 Å². The second-order valence-corrected chi connectivity index (χ2v) is 4.94. The molecule has 2 aromatic rings. The zero-order chi connectivity index (χ0) is 15.8. The van der Waals surface area contributed by atoms with E-state index in [1.807, 2.05) is 0 Å². The topological polar surface area (TPSA) is 52.8 Å². The van der Waals surface area contributed by atoms with Gasteiger partial charge in [-0.2, -0.15) is 13.8 Å². The Bertz CT molecular complexity index is 646. The SMILES string of the molecule is COc1ncnc2c1nc(C(C)Cl)n2CC(F)(F)C(F)F. The van der Waals surface area contributed by atoms with Crippen LogP contribution in [0.25, 0.3) is 11.2 Å². The minimum absolute atomic E-state index is 0.00853. The summed E-state index contributed by atoms with van der Waals surface area (Å²) in [6.07, 6.45) is -2.74. The second-order valence-electron chi connectivity index (χ2n) is 4.29. The summed E-state index contributed by atoms with van der Waals surface area (Å²) < 4.78 is 57.3. The van der Waals surface area contributed by atoms with E-state index in [1.165, 1.54) is 14.0 Å². The largest absolute Gasteiger partial charge is 0.479 e. The normalized spacial score (nSPS) is 13.9. The van der Waals surface area contributed by atoms with Gasteiger partial charge in [0.05, 0.1) is 19.0 Å². The number of halogens is 5. The molecule has 21 heavy (non-hydrogen) atoms. The Labute approximate surface area is 121 Å². The molecule has 0 bridgehead atoms. The molecule has 1 unspecified atom stereocenters. The van der Waals surface area contributed by atoms with Gasteiger partial charge in [0.25, 0.3) is 0 Å². The lowest BCUT2D eigenvalue weighted by Crippen LogP contribution is -2.33. The molecule has 116 valence electrons. The summed E-state index contributed by atoms with van der Waals surface area (Å²) in [5.41, 5.74) is 0.0530. The number of fused-ring (bicyclic) bond motifs is 1. The van der Waals surface area contributed by atoms with Gasteiger partial charge in [-0.1, -0.05) is 0 Å². The van der Waals surface area contributed by atoms with Crippen LogP contribution in [-0.2, 0) is 6.54 Å². The Balaban J connectivity index is 2.63. The molecule has 2 heterocycles. The predicted octanol–water partition coefficient (Wildman–Crippen LogP) is 3.04. The lowest BCUT2D eigenvalue weighted by Gasteiger charge is -2.18. The fourth-order valence-electron chi connectivity index (χ4n) is 1.82. The van der Waals surface area contributed by atoms with Gasteiger partial charge in [0.2, 0.25) is 5.88 Å². The molecule has 0 aromatic carbocycles.